The summed E-state index contributed by atoms with van der Waals surface area (Å²) in [5.74, 6) is 0. The minimum atomic E-state index is -0.362. The van der Waals surface area contributed by atoms with Gasteiger partial charge in [-0.3, -0.25) is 10.1 Å². The molecule has 0 atom stereocenters. The summed E-state index contributed by atoms with van der Waals surface area (Å²) in [6, 6.07) is 0. The van der Waals surface area contributed by atoms with Crippen LogP contribution in [-0.2, 0) is 6.42 Å². The molecular weight excluding hydrogens is 252 g/mol. The van der Waals surface area contributed by atoms with Crippen molar-refractivity contribution in [3.05, 3.63) is 50.6 Å². The lowest BCUT2D eigenvalue weighted by Gasteiger charge is -2.08. The van der Waals surface area contributed by atoms with Gasteiger partial charge in [0.25, 0.3) is 0 Å². The summed E-state index contributed by atoms with van der Waals surface area (Å²) >= 11 is 1.11. The van der Waals surface area contributed by atoms with Gasteiger partial charge in [-0.1, -0.05) is 11.6 Å². The summed E-state index contributed by atoms with van der Waals surface area (Å²) in [7, 11) is 0. The summed E-state index contributed by atoms with van der Waals surface area (Å²) in [6.45, 7) is 7.04. The normalized spacial score (nSPS) is 14.6. The SMILES string of the molecule is [C-]#[N+]c1c(CC2=CC=C([N+](=O)[O-])CC2)nsc1N. The fraction of sp³-hybridized carbons (Fsp3) is 0.273. The zero-order valence-electron chi connectivity index (χ0n) is 9.42. The average molecular weight is 262 g/mol. The van der Waals surface area contributed by atoms with E-state index in [0.29, 0.717) is 35.6 Å². The van der Waals surface area contributed by atoms with Gasteiger partial charge < -0.3 is 5.73 Å². The third-order valence-corrected chi connectivity index (χ3v) is 3.42. The quantitative estimate of drug-likeness (QED) is 0.515. The molecule has 2 N–H and O–H groups in total. The Kier molecular flexibility index (Phi) is 3.39. The van der Waals surface area contributed by atoms with Gasteiger partial charge in [-0.15, -0.1) is 0 Å². The van der Waals surface area contributed by atoms with Crippen LogP contribution in [0.3, 0.4) is 0 Å². The molecule has 1 aliphatic carbocycles. The number of hydrogen-bond acceptors (Lipinski definition) is 5. The van der Waals surface area contributed by atoms with Crippen molar-refractivity contribution in [2.75, 3.05) is 5.73 Å². The van der Waals surface area contributed by atoms with E-state index >= 15 is 0 Å². The van der Waals surface area contributed by atoms with Gasteiger partial charge in [-0.25, -0.2) is 9.22 Å². The van der Waals surface area contributed by atoms with Crippen molar-refractivity contribution in [2.24, 2.45) is 0 Å². The molecule has 0 radical (unpaired) electrons. The van der Waals surface area contributed by atoms with Gasteiger partial charge in [0.15, 0.2) is 0 Å². The van der Waals surface area contributed by atoms with Crippen molar-refractivity contribution in [3.63, 3.8) is 0 Å². The summed E-state index contributed by atoms with van der Waals surface area (Å²) in [4.78, 5) is 13.6. The summed E-state index contributed by atoms with van der Waals surface area (Å²) in [5.41, 5.74) is 7.97. The highest BCUT2D eigenvalue weighted by molar-refractivity contribution is 7.10. The molecule has 1 heterocycles. The van der Waals surface area contributed by atoms with Crippen LogP contribution >= 0.6 is 11.5 Å². The molecule has 0 bridgehead atoms. The molecule has 18 heavy (non-hydrogen) atoms. The highest BCUT2D eigenvalue weighted by Gasteiger charge is 2.18. The number of aromatic nitrogens is 1. The molecule has 2 rings (SSSR count). The Labute approximate surface area is 108 Å². The zero-order valence-corrected chi connectivity index (χ0v) is 10.2. The van der Waals surface area contributed by atoms with Gasteiger partial charge in [0.2, 0.25) is 11.4 Å². The first-order chi connectivity index (χ1) is 8.61. The van der Waals surface area contributed by atoms with E-state index < -0.39 is 0 Å². The maximum Gasteiger partial charge on any atom is 0.246 e. The Morgan fingerprint density at radius 3 is 2.89 bits per heavy atom. The smallest absolute Gasteiger partial charge is 0.246 e. The van der Waals surface area contributed by atoms with Crippen LogP contribution in [0.5, 0.6) is 0 Å². The number of anilines is 1. The van der Waals surface area contributed by atoms with Crippen LogP contribution in [0.2, 0.25) is 0 Å². The van der Waals surface area contributed by atoms with E-state index in [4.69, 9.17) is 12.3 Å². The number of nitrogens with two attached hydrogens (primary N) is 1. The monoisotopic (exact) mass is 262 g/mol. The first-order valence-electron chi connectivity index (χ1n) is 5.26. The highest BCUT2D eigenvalue weighted by Crippen LogP contribution is 2.33. The number of hydrogen-bond donors (Lipinski definition) is 1. The zero-order chi connectivity index (χ0) is 13.1. The van der Waals surface area contributed by atoms with E-state index in [0.717, 1.165) is 17.1 Å². The Bertz CT molecular complexity index is 595. The molecule has 1 aromatic heterocycles. The minimum Gasteiger partial charge on any atom is -0.398 e. The second-order valence-electron chi connectivity index (χ2n) is 3.87. The minimum absolute atomic E-state index is 0.224. The van der Waals surface area contributed by atoms with Crippen molar-refractivity contribution in [3.8, 4) is 0 Å². The summed E-state index contributed by atoms with van der Waals surface area (Å²) in [6.07, 6.45) is 4.84. The molecule has 0 unspecified atom stereocenters. The molecule has 92 valence electrons. The van der Waals surface area contributed by atoms with Crippen molar-refractivity contribution >= 4 is 22.2 Å². The van der Waals surface area contributed by atoms with Crippen molar-refractivity contribution in [1.82, 2.24) is 4.37 Å². The molecule has 0 aliphatic heterocycles. The lowest BCUT2D eigenvalue weighted by Crippen LogP contribution is -2.04. The molecule has 0 spiro atoms. The molecule has 0 aromatic carbocycles. The third-order valence-electron chi connectivity index (χ3n) is 2.72. The molecular formula is C11H10N4O2S. The van der Waals surface area contributed by atoms with E-state index in [9.17, 15) is 10.1 Å². The first-order valence-corrected chi connectivity index (χ1v) is 6.03. The predicted molar refractivity (Wildman–Crippen MR) is 68.9 cm³/mol. The van der Waals surface area contributed by atoms with E-state index in [1.165, 1.54) is 6.08 Å². The van der Waals surface area contributed by atoms with Crippen LogP contribution in [0.1, 0.15) is 18.5 Å². The average Bonchev–Trinajstić information content (AvgIpc) is 2.70. The first kappa shape index (κ1) is 12.3. The van der Waals surface area contributed by atoms with Gasteiger partial charge in [0.05, 0.1) is 17.2 Å². The number of rotatable bonds is 3. The maximum atomic E-state index is 10.6. The largest absolute Gasteiger partial charge is 0.398 e. The van der Waals surface area contributed by atoms with Gasteiger partial charge in [-0.2, -0.15) is 0 Å². The summed E-state index contributed by atoms with van der Waals surface area (Å²) in [5, 5.41) is 11.0. The van der Waals surface area contributed by atoms with Crippen LogP contribution in [0.4, 0.5) is 10.7 Å². The molecule has 7 heteroatoms. The number of allylic oxidation sites excluding steroid dienone is 4. The lowest BCUT2D eigenvalue weighted by molar-refractivity contribution is -0.428. The van der Waals surface area contributed by atoms with Crippen LogP contribution in [-0.4, -0.2) is 9.30 Å². The lowest BCUT2D eigenvalue weighted by atomic mass is 9.98. The predicted octanol–water partition coefficient (Wildman–Crippen LogP) is 2.70. The van der Waals surface area contributed by atoms with Gasteiger partial charge in [-0.05, 0) is 18.0 Å². The third kappa shape index (κ3) is 2.38. The van der Waals surface area contributed by atoms with Crippen molar-refractivity contribution in [2.45, 2.75) is 19.3 Å². The van der Waals surface area contributed by atoms with Crippen LogP contribution in [0, 0.1) is 16.7 Å². The van der Waals surface area contributed by atoms with Crippen molar-refractivity contribution < 1.29 is 4.92 Å². The van der Waals surface area contributed by atoms with Gasteiger partial charge in [0.1, 0.15) is 5.00 Å². The fourth-order valence-electron chi connectivity index (χ4n) is 1.75. The van der Waals surface area contributed by atoms with Crippen LogP contribution < -0.4 is 5.73 Å². The Hall–Kier alpha value is -2.20. The number of nitrogen functional groups attached to an aromatic ring is 1. The summed E-state index contributed by atoms with van der Waals surface area (Å²) < 4.78 is 4.14. The van der Waals surface area contributed by atoms with Crippen molar-refractivity contribution in [1.29, 1.82) is 0 Å². The van der Waals surface area contributed by atoms with E-state index in [-0.39, 0.29) is 10.6 Å². The molecule has 1 aromatic rings. The highest BCUT2D eigenvalue weighted by atomic mass is 32.1. The van der Waals surface area contributed by atoms with Gasteiger partial charge in [0, 0.05) is 18.9 Å². The van der Waals surface area contributed by atoms with Crippen LogP contribution in [0.25, 0.3) is 4.85 Å². The van der Waals surface area contributed by atoms with E-state index in [1.54, 1.807) is 6.08 Å². The van der Waals surface area contributed by atoms with Gasteiger partial charge >= 0.3 is 0 Å². The molecule has 1 aliphatic rings. The molecule has 0 amide bonds. The standard InChI is InChI=1S/C11H10N4O2S/c1-13-10-9(14-18-11(10)12)6-7-2-4-8(5-3-7)15(16)17/h2,4H,3,5-6,12H2. The second-order valence-corrected chi connectivity index (χ2v) is 4.68. The molecule has 0 saturated carbocycles. The Balaban J connectivity index is 2.17. The maximum absolute atomic E-state index is 10.6. The van der Waals surface area contributed by atoms with E-state index in [1.807, 2.05) is 0 Å². The second kappa shape index (κ2) is 4.98. The van der Waals surface area contributed by atoms with E-state index in [2.05, 4.69) is 9.22 Å². The number of nitro groups is 1. The molecule has 0 saturated heterocycles. The van der Waals surface area contributed by atoms with Crippen LogP contribution in [0.15, 0.2) is 23.4 Å². The fourth-order valence-corrected chi connectivity index (χ4v) is 2.36. The Morgan fingerprint density at radius 1 is 1.56 bits per heavy atom. The Morgan fingerprint density at radius 2 is 2.33 bits per heavy atom. The molecule has 6 nitrogen and oxygen atoms in total. The molecule has 0 fully saturated rings. The number of nitrogens with zero attached hydrogens (tertiary/aromatic N) is 3. The topological polar surface area (TPSA) is 86.4 Å².